The highest BCUT2D eigenvalue weighted by Crippen LogP contribution is 2.24. The molecule has 1 aliphatic heterocycles. The maximum absolute atomic E-state index is 13.1. The molecule has 0 radical (unpaired) electrons. The van der Waals surface area contributed by atoms with Crippen molar-refractivity contribution in [2.45, 2.75) is 39.5 Å². The lowest BCUT2D eigenvalue weighted by Gasteiger charge is -2.33. The molecule has 0 spiro atoms. The van der Waals surface area contributed by atoms with Crippen molar-refractivity contribution >= 4 is 29.1 Å². The number of nitrogens with zero attached hydrogens (tertiary/aromatic N) is 3. The van der Waals surface area contributed by atoms with Crippen LogP contribution < -0.4 is 10.1 Å². The van der Waals surface area contributed by atoms with E-state index in [-0.39, 0.29) is 28.6 Å². The number of morpholine rings is 1. The van der Waals surface area contributed by atoms with Crippen LogP contribution in [0.2, 0.25) is 5.02 Å². The molecule has 1 aromatic heterocycles. The largest absolute Gasteiger partial charge is 0.489 e. The third kappa shape index (κ3) is 6.21. The maximum Gasteiger partial charge on any atom is 0.275 e. The number of nitrogens with one attached hydrogen (secondary N) is 1. The number of aryl methyl sites for hydroxylation is 1. The molecule has 2 amide bonds. The lowest BCUT2D eigenvalue weighted by Crippen LogP contribution is -2.47. The quantitative estimate of drug-likeness (QED) is 0.502. The van der Waals surface area contributed by atoms with Crippen LogP contribution in [0.4, 0.5) is 5.69 Å². The molecule has 0 saturated carbocycles. The van der Waals surface area contributed by atoms with Crippen LogP contribution in [0.25, 0.3) is 0 Å². The number of rotatable bonds is 8. The standard InChI is InChI=1S/C26H29ClN4O4/c1-3-24(32)30-11-12-34-21(15-30)16-31-25(22(27)14-28-31)26(33)29-23-10-9-20(13-18(23)2)35-17-19-7-5-4-6-8-19/h4-10,13-14,21H,3,11-12,15-17H2,1-2H3,(H,29,33). The Hall–Kier alpha value is -3.36. The van der Waals surface area contributed by atoms with Crippen LogP contribution in [0.5, 0.6) is 5.75 Å². The molecule has 4 rings (SSSR count). The Balaban J connectivity index is 1.41. The molecule has 1 fully saturated rings. The van der Waals surface area contributed by atoms with Gasteiger partial charge in [-0.3, -0.25) is 14.3 Å². The zero-order valence-corrected chi connectivity index (χ0v) is 20.6. The number of hydrogen-bond acceptors (Lipinski definition) is 5. The smallest absolute Gasteiger partial charge is 0.275 e. The van der Waals surface area contributed by atoms with Crippen molar-refractivity contribution in [2.75, 3.05) is 25.0 Å². The van der Waals surface area contributed by atoms with Crippen LogP contribution >= 0.6 is 11.6 Å². The normalized spacial score (nSPS) is 15.6. The first-order valence-electron chi connectivity index (χ1n) is 11.6. The Kier molecular flexibility index (Phi) is 8.05. The fraction of sp³-hybridized carbons (Fsp3) is 0.346. The molecule has 1 aliphatic rings. The number of hydrogen-bond donors (Lipinski definition) is 1. The van der Waals surface area contributed by atoms with Crippen molar-refractivity contribution in [3.05, 3.63) is 76.6 Å². The summed E-state index contributed by atoms with van der Waals surface area (Å²) in [6, 6.07) is 15.4. The molecule has 0 aliphatic carbocycles. The van der Waals surface area contributed by atoms with Gasteiger partial charge >= 0.3 is 0 Å². The van der Waals surface area contributed by atoms with E-state index in [1.54, 1.807) is 11.0 Å². The predicted molar refractivity (Wildman–Crippen MR) is 134 cm³/mol. The summed E-state index contributed by atoms with van der Waals surface area (Å²) in [5, 5.41) is 7.45. The summed E-state index contributed by atoms with van der Waals surface area (Å²) in [4.78, 5) is 27.0. The highest BCUT2D eigenvalue weighted by atomic mass is 35.5. The van der Waals surface area contributed by atoms with Crippen LogP contribution in [0, 0.1) is 6.92 Å². The van der Waals surface area contributed by atoms with Gasteiger partial charge in [-0.05, 0) is 36.2 Å². The average Bonchev–Trinajstić information content (AvgIpc) is 3.24. The van der Waals surface area contributed by atoms with Gasteiger partial charge in [-0.25, -0.2) is 0 Å². The van der Waals surface area contributed by atoms with E-state index in [0.717, 1.165) is 11.1 Å². The van der Waals surface area contributed by atoms with E-state index in [1.165, 1.54) is 10.9 Å². The second kappa shape index (κ2) is 11.4. The molecule has 8 nitrogen and oxygen atoms in total. The molecular formula is C26H29ClN4O4. The summed E-state index contributed by atoms with van der Waals surface area (Å²) in [5.74, 6) is 0.431. The first-order chi connectivity index (χ1) is 16.9. The molecule has 184 valence electrons. The van der Waals surface area contributed by atoms with Gasteiger partial charge in [-0.1, -0.05) is 48.9 Å². The van der Waals surface area contributed by atoms with E-state index in [1.807, 2.05) is 56.3 Å². The topological polar surface area (TPSA) is 85.7 Å². The van der Waals surface area contributed by atoms with Crippen molar-refractivity contribution in [1.29, 1.82) is 0 Å². The van der Waals surface area contributed by atoms with Gasteiger partial charge in [-0.15, -0.1) is 0 Å². The zero-order chi connectivity index (χ0) is 24.8. The fourth-order valence-corrected chi connectivity index (χ4v) is 4.22. The summed E-state index contributed by atoms with van der Waals surface area (Å²) >= 11 is 6.32. The Morgan fingerprint density at radius 3 is 2.77 bits per heavy atom. The molecule has 1 saturated heterocycles. The third-order valence-electron chi connectivity index (χ3n) is 5.87. The summed E-state index contributed by atoms with van der Waals surface area (Å²) in [5.41, 5.74) is 2.84. The summed E-state index contributed by atoms with van der Waals surface area (Å²) in [6.45, 7) is 5.99. The monoisotopic (exact) mass is 496 g/mol. The summed E-state index contributed by atoms with van der Waals surface area (Å²) < 4.78 is 13.2. The lowest BCUT2D eigenvalue weighted by atomic mass is 10.2. The molecule has 2 heterocycles. The number of carbonyl (C=O) groups excluding carboxylic acids is 2. The van der Waals surface area contributed by atoms with Crippen molar-refractivity contribution in [3.63, 3.8) is 0 Å². The van der Waals surface area contributed by atoms with Crippen LogP contribution in [0.15, 0.2) is 54.7 Å². The van der Waals surface area contributed by atoms with Gasteiger partial charge in [0.2, 0.25) is 5.91 Å². The first-order valence-corrected chi connectivity index (χ1v) is 12.0. The zero-order valence-electron chi connectivity index (χ0n) is 19.9. The van der Waals surface area contributed by atoms with Crippen LogP contribution in [-0.2, 0) is 22.7 Å². The summed E-state index contributed by atoms with van der Waals surface area (Å²) in [6.07, 6.45) is 1.62. The molecule has 1 N–H and O–H groups in total. The van der Waals surface area contributed by atoms with Crippen LogP contribution in [0.3, 0.4) is 0 Å². The average molecular weight is 497 g/mol. The number of ether oxygens (including phenoxy) is 2. The number of anilines is 1. The van der Waals surface area contributed by atoms with Gasteiger partial charge in [0.05, 0.1) is 30.5 Å². The van der Waals surface area contributed by atoms with E-state index in [0.29, 0.717) is 50.7 Å². The molecule has 2 aromatic carbocycles. The Bertz CT molecular complexity index is 1180. The number of aromatic nitrogens is 2. The van der Waals surface area contributed by atoms with Gasteiger partial charge in [0.1, 0.15) is 18.1 Å². The lowest BCUT2D eigenvalue weighted by molar-refractivity contribution is -0.139. The second-order valence-electron chi connectivity index (χ2n) is 8.41. The second-order valence-corrected chi connectivity index (χ2v) is 8.82. The molecule has 9 heteroatoms. The molecular weight excluding hydrogens is 468 g/mol. The highest BCUT2D eigenvalue weighted by Gasteiger charge is 2.26. The van der Waals surface area contributed by atoms with Crippen molar-refractivity contribution in [2.24, 2.45) is 0 Å². The SMILES string of the molecule is CCC(=O)N1CCOC(Cn2ncc(Cl)c2C(=O)Nc2ccc(OCc3ccccc3)cc2C)C1. The Morgan fingerprint density at radius 2 is 2.03 bits per heavy atom. The Morgan fingerprint density at radius 1 is 1.23 bits per heavy atom. The van der Waals surface area contributed by atoms with Gasteiger partial charge in [0.15, 0.2) is 0 Å². The molecule has 1 unspecified atom stereocenters. The van der Waals surface area contributed by atoms with E-state index >= 15 is 0 Å². The molecule has 1 atom stereocenters. The van der Waals surface area contributed by atoms with Crippen LogP contribution in [-0.4, -0.2) is 52.3 Å². The fourth-order valence-electron chi connectivity index (χ4n) is 3.99. The van der Waals surface area contributed by atoms with E-state index in [4.69, 9.17) is 21.1 Å². The molecule has 35 heavy (non-hydrogen) atoms. The van der Waals surface area contributed by atoms with Gasteiger partial charge in [-0.2, -0.15) is 5.10 Å². The number of amides is 2. The minimum absolute atomic E-state index is 0.0847. The summed E-state index contributed by atoms with van der Waals surface area (Å²) in [7, 11) is 0. The number of halogens is 1. The van der Waals surface area contributed by atoms with Crippen molar-refractivity contribution < 1.29 is 19.1 Å². The van der Waals surface area contributed by atoms with Gasteiger partial charge in [0, 0.05) is 25.2 Å². The number of benzene rings is 2. The van der Waals surface area contributed by atoms with Gasteiger partial charge in [0.25, 0.3) is 5.91 Å². The van der Waals surface area contributed by atoms with Gasteiger partial charge < -0.3 is 19.7 Å². The molecule has 3 aromatic rings. The van der Waals surface area contributed by atoms with E-state index < -0.39 is 0 Å². The number of carbonyl (C=O) groups is 2. The minimum Gasteiger partial charge on any atom is -0.489 e. The van der Waals surface area contributed by atoms with Crippen LogP contribution in [0.1, 0.15) is 35.0 Å². The van der Waals surface area contributed by atoms with E-state index in [2.05, 4.69) is 10.4 Å². The predicted octanol–water partition coefficient (Wildman–Crippen LogP) is 4.31. The third-order valence-corrected chi connectivity index (χ3v) is 6.15. The molecule has 0 bridgehead atoms. The highest BCUT2D eigenvalue weighted by molar-refractivity contribution is 6.34. The Labute approximate surface area is 209 Å². The first kappa shape index (κ1) is 24.8. The maximum atomic E-state index is 13.1. The van der Waals surface area contributed by atoms with Crippen molar-refractivity contribution in [3.8, 4) is 5.75 Å². The minimum atomic E-state index is -0.370. The van der Waals surface area contributed by atoms with Crippen molar-refractivity contribution in [1.82, 2.24) is 14.7 Å². The van der Waals surface area contributed by atoms with E-state index in [9.17, 15) is 9.59 Å².